The van der Waals surface area contributed by atoms with Crippen LogP contribution in [0.1, 0.15) is 0 Å². The van der Waals surface area contributed by atoms with Crippen LogP contribution in [0.15, 0.2) is 158 Å². The van der Waals surface area contributed by atoms with Gasteiger partial charge in [-0.2, -0.15) is 0 Å². The first-order valence-corrected chi connectivity index (χ1v) is 15.3. The number of para-hydroxylation sites is 5. The van der Waals surface area contributed by atoms with Gasteiger partial charge >= 0.3 is 0 Å². The average Bonchev–Trinajstić information content (AvgIpc) is 3.64. The standard InChI is InChI=1S/C41H26N4/c1-2-11-29(12-3-1)44-35-15-5-4-13-31(35)33-23-24-34-32-14-8-18-38-39(32)45(41(34)40(33)44)37-17-7-6-16-36(37)43(38)30-21-19-27(20-22-30)28-10-9-25-42-26-28/h1-26H. The van der Waals surface area contributed by atoms with Gasteiger partial charge in [0.2, 0.25) is 0 Å². The molecule has 0 radical (unpaired) electrons. The van der Waals surface area contributed by atoms with Crippen molar-refractivity contribution in [2.45, 2.75) is 0 Å². The third-order valence-electron chi connectivity index (χ3n) is 9.30. The molecule has 0 amide bonds. The number of aromatic nitrogens is 3. The van der Waals surface area contributed by atoms with Crippen LogP contribution < -0.4 is 4.90 Å². The molecule has 6 aromatic carbocycles. The maximum absolute atomic E-state index is 4.32. The zero-order valence-corrected chi connectivity index (χ0v) is 24.3. The molecule has 0 saturated carbocycles. The van der Waals surface area contributed by atoms with E-state index >= 15 is 0 Å². The summed E-state index contributed by atoms with van der Waals surface area (Å²) >= 11 is 0. The number of pyridine rings is 1. The van der Waals surface area contributed by atoms with Crippen LogP contribution in [0, 0.1) is 0 Å². The zero-order chi connectivity index (χ0) is 29.5. The topological polar surface area (TPSA) is 26.0 Å². The van der Waals surface area contributed by atoms with E-state index in [9.17, 15) is 0 Å². The number of hydrogen-bond donors (Lipinski definition) is 0. The predicted molar refractivity (Wildman–Crippen MR) is 187 cm³/mol. The number of hydrogen-bond acceptors (Lipinski definition) is 2. The van der Waals surface area contributed by atoms with Gasteiger partial charge in [0.05, 0.1) is 39.1 Å². The minimum absolute atomic E-state index is 1.11. The van der Waals surface area contributed by atoms with E-state index in [1.54, 1.807) is 0 Å². The van der Waals surface area contributed by atoms with Gasteiger partial charge in [0, 0.05) is 45.3 Å². The molecule has 0 bridgehead atoms. The Morgan fingerprint density at radius 3 is 1.87 bits per heavy atom. The summed E-state index contributed by atoms with van der Waals surface area (Å²) in [5.74, 6) is 0. The van der Waals surface area contributed by atoms with Crippen molar-refractivity contribution in [1.29, 1.82) is 0 Å². The first kappa shape index (κ1) is 24.3. The van der Waals surface area contributed by atoms with E-state index in [4.69, 9.17) is 0 Å². The summed E-state index contributed by atoms with van der Waals surface area (Å²) in [5, 5.41) is 5.02. The van der Waals surface area contributed by atoms with Crippen LogP contribution in [0.2, 0.25) is 0 Å². The lowest BCUT2D eigenvalue weighted by Crippen LogP contribution is -2.18. The number of anilines is 3. The van der Waals surface area contributed by atoms with Crippen LogP contribution in [0.25, 0.3) is 66.1 Å². The molecular weight excluding hydrogens is 548 g/mol. The van der Waals surface area contributed by atoms with Gasteiger partial charge in [0.1, 0.15) is 0 Å². The molecule has 0 atom stereocenters. The molecule has 4 heterocycles. The molecule has 9 aromatic rings. The molecule has 0 fully saturated rings. The Morgan fingerprint density at radius 1 is 0.378 bits per heavy atom. The molecule has 0 spiro atoms. The minimum Gasteiger partial charge on any atom is -0.307 e. The summed E-state index contributed by atoms with van der Waals surface area (Å²) in [6, 6.07) is 52.6. The molecule has 0 aliphatic carbocycles. The smallest absolute Gasteiger partial charge is 0.0790 e. The highest BCUT2D eigenvalue weighted by Crippen LogP contribution is 2.51. The van der Waals surface area contributed by atoms with Crippen molar-refractivity contribution in [3.05, 3.63) is 158 Å². The fourth-order valence-electron chi connectivity index (χ4n) is 7.43. The molecule has 0 N–H and O–H groups in total. The highest BCUT2D eigenvalue weighted by molar-refractivity contribution is 6.26. The van der Waals surface area contributed by atoms with Crippen LogP contribution in [0.5, 0.6) is 0 Å². The Bertz CT molecular complexity index is 2580. The van der Waals surface area contributed by atoms with Gasteiger partial charge < -0.3 is 14.0 Å². The molecule has 45 heavy (non-hydrogen) atoms. The molecule has 1 aliphatic heterocycles. The lowest BCUT2D eigenvalue weighted by Gasteiger charge is -2.33. The summed E-state index contributed by atoms with van der Waals surface area (Å²) < 4.78 is 4.96. The van der Waals surface area contributed by atoms with Gasteiger partial charge in [-0.15, -0.1) is 0 Å². The Morgan fingerprint density at radius 2 is 1.04 bits per heavy atom. The molecule has 4 heteroatoms. The second-order valence-electron chi connectivity index (χ2n) is 11.7. The summed E-state index contributed by atoms with van der Waals surface area (Å²) in [6.07, 6.45) is 3.73. The zero-order valence-electron chi connectivity index (χ0n) is 24.3. The number of benzene rings is 6. The number of rotatable bonds is 3. The third kappa shape index (κ3) is 3.34. The van der Waals surface area contributed by atoms with Crippen molar-refractivity contribution >= 4 is 60.7 Å². The van der Waals surface area contributed by atoms with Gasteiger partial charge in [-0.25, -0.2) is 0 Å². The Kier molecular flexibility index (Phi) is 4.96. The van der Waals surface area contributed by atoms with Gasteiger partial charge in [-0.1, -0.05) is 91.0 Å². The normalized spacial score (nSPS) is 12.4. The second-order valence-corrected chi connectivity index (χ2v) is 11.7. The van der Waals surface area contributed by atoms with E-state index in [0.717, 1.165) is 28.2 Å². The Hall–Kier alpha value is -6.13. The fraction of sp³-hybridized carbons (Fsp3) is 0. The summed E-state index contributed by atoms with van der Waals surface area (Å²) in [4.78, 5) is 6.73. The Labute approximate surface area is 259 Å². The maximum Gasteiger partial charge on any atom is 0.0790 e. The first-order valence-electron chi connectivity index (χ1n) is 15.3. The van der Waals surface area contributed by atoms with E-state index in [1.807, 2.05) is 18.5 Å². The van der Waals surface area contributed by atoms with E-state index in [-0.39, 0.29) is 0 Å². The highest BCUT2D eigenvalue weighted by atomic mass is 15.2. The number of nitrogens with zero attached hydrogens (tertiary/aromatic N) is 4. The van der Waals surface area contributed by atoms with Crippen molar-refractivity contribution in [1.82, 2.24) is 14.1 Å². The highest BCUT2D eigenvalue weighted by Gasteiger charge is 2.30. The predicted octanol–water partition coefficient (Wildman–Crippen LogP) is 10.7. The summed E-state index contributed by atoms with van der Waals surface area (Å²) in [5.41, 5.74) is 12.9. The molecule has 210 valence electrons. The average molecular weight is 575 g/mol. The van der Waals surface area contributed by atoms with Crippen LogP contribution >= 0.6 is 0 Å². The maximum atomic E-state index is 4.32. The molecule has 4 nitrogen and oxygen atoms in total. The second kappa shape index (κ2) is 9.18. The van der Waals surface area contributed by atoms with E-state index in [2.05, 4.69) is 159 Å². The van der Waals surface area contributed by atoms with Crippen LogP contribution in [-0.4, -0.2) is 14.1 Å². The Balaban J connectivity index is 1.32. The lowest BCUT2D eigenvalue weighted by molar-refractivity contribution is 1.10. The van der Waals surface area contributed by atoms with Gasteiger partial charge in [0.25, 0.3) is 0 Å². The van der Waals surface area contributed by atoms with Gasteiger partial charge in [-0.3, -0.25) is 4.98 Å². The fourth-order valence-corrected chi connectivity index (χ4v) is 7.43. The number of fused-ring (bicyclic) bond motifs is 9. The third-order valence-corrected chi connectivity index (χ3v) is 9.30. The first-order chi connectivity index (χ1) is 22.4. The van der Waals surface area contributed by atoms with E-state index < -0.39 is 0 Å². The van der Waals surface area contributed by atoms with Crippen molar-refractivity contribution in [3.8, 4) is 22.5 Å². The van der Waals surface area contributed by atoms with Crippen LogP contribution in [0.3, 0.4) is 0 Å². The minimum atomic E-state index is 1.11. The molecule has 0 unspecified atom stereocenters. The molecule has 10 rings (SSSR count). The van der Waals surface area contributed by atoms with Crippen molar-refractivity contribution in [2.24, 2.45) is 0 Å². The van der Waals surface area contributed by atoms with E-state index in [1.165, 1.54) is 55.0 Å². The lowest BCUT2D eigenvalue weighted by atomic mass is 10.0. The summed E-state index contributed by atoms with van der Waals surface area (Å²) in [7, 11) is 0. The van der Waals surface area contributed by atoms with Gasteiger partial charge in [-0.05, 0) is 65.7 Å². The molecular formula is C41H26N4. The monoisotopic (exact) mass is 574 g/mol. The van der Waals surface area contributed by atoms with E-state index in [0.29, 0.717) is 0 Å². The summed E-state index contributed by atoms with van der Waals surface area (Å²) in [6.45, 7) is 0. The van der Waals surface area contributed by atoms with Gasteiger partial charge in [0.15, 0.2) is 0 Å². The quantitative estimate of drug-likeness (QED) is 0.210. The molecule has 3 aromatic heterocycles. The molecule has 1 aliphatic rings. The van der Waals surface area contributed by atoms with Crippen molar-refractivity contribution in [2.75, 3.05) is 4.90 Å². The SMILES string of the molecule is c1ccc(-n2c3ccccc3c3ccc4c5cccc6c5n(c4c32)-c2ccccc2N6c2ccc(-c3cccnc3)cc2)cc1. The van der Waals surface area contributed by atoms with Crippen LogP contribution in [-0.2, 0) is 0 Å². The molecule has 0 saturated heterocycles. The van der Waals surface area contributed by atoms with Crippen LogP contribution in [0.4, 0.5) is 17.1 Å². The van der Waals surface area contributed by atoms with Crippen molar-refractivity contribution in [3.63, 3.8) is 0 Å². The van der Waals surface area contributed by atoms with Crippen molar-refractivity contribution < 1.29 is 0 Å². The largest absolute Gasteiger partial charge is 0.307 e.